The van der Waals surface area contributed by atoms with Crippen molar-refractivity contribution in [3.05, 3.63) is 94.4 Å². The number of aromatic nitrogens is 1. The average molecular weight is 530 g/mol. The molecule has 0 atom stereocenters. The molecule has 2 aromatic heterocycles. The van der Waals surface area contributed by atoms with Gasteiger partial charge in [-0.3, -0.25) is 19.3 Å². The SMILES string of the molecule is COC(=O)c1ccc(CN2C(=O)S/C(=C/c3cn(CC(=O)Nc4cccc(C)c4)c4ccccc34)C2=O)o1. The van der Waals surface area contributed by atoms with Crippen LogP contribution in [0.5, 0.6) is 0 Å². The number of thioether (sulfide) groups is 1. The molecule has 1 aliphatic rings. The molecule has 1 aliphatic heterocycles. The van der Waals surface area contributed by atoms with Crippen molar-refractivity contribution in [3.8, 4) is 0 Å². The Morgan fingerprint density at radius 3 is 2.68 bits per heavy atom. The summed E-state index contributed by atoms with van der Waals surface area (Å²) in [5.41, 5.74) is 3.29. The number of benzene rings is 2. The quantitative estimate of drug-likeness (QED) is 0.259. The third kappa shape index (κ3) is 5.12. The number of imide groups is 1. The Kier molecular flexibility index (Phi) is 6.89. The smallest absolute Gasteiger partial charge is 0.373 e. The number of ether oxygens (including phenoxy) is 1. The molecule has 9 nitrogen and oxygen atoms in total. The number of methoxy groups -OCH3 is 1. The van der Waals surface area contributed by atoms with Gasteiger partial charge in [0.2, 0.25) is 11.7 Å². The van der Waals surface area contributed by atoms with E-state index in [1.54, 1.807) is 12.3 Å². The van der Waals surface area contributed by atoms with E-state index in [1.807, 2.05) is 60.0 Å². The topological polar surface area (TPSA) is 111 Å². The number of nitrogens with zero attached hydrogens (tertiary/aromatic N) is 2. The van der Waals surface area contributed by atoms with Gasteiger partial charge in [0.25, 0.3) is 11.1 Å². The summed E-state index contributed by atoms with van der Waals surface area (Å²) in [4.78, 5) is 51.4. The normalized spacial score (nSPS) is 14.5. The Morgan fingerprint density at radius 2 is 1.89 bits per heavy atom. The summed E-state index contributed by atoms with van der Waals surface area (Å²) in [6.45, 7) is 1.92. The van der Waals surface area contributed by atoms with Gasteiger partial charge in [0, 0.05) is 28.4 Å². The van der Waals surface area contributed by atoms with E-state index < -0.39 is 17.1 Å². The molecule has 3 heterocycles. The summed E-state index contributed by atoms with van der Waals surface area (Å²) in [5.74, 6) is -1.03. The van der Waals surface area contributed by atoms with Gasteiger partial charge in [-0.25, -0.2) is 4.79 Å². The molecule has 38 heavy (non-hydrogen) atoms. The van der Waals surface area contributed by atoms with Gasteiger partial charge >= 0.3 is 5.97 Å². The van der Waals surface area contributed by atoms with Gasteiger partial charge in [0.1, 0.15) is 12.3 Å². The highest BCUT2D eigenvalue weighted by Crippen LogP contribution is 2.35. The maximum atomic E-state index is 13.1. The van der Waals surface area contributed by atoms with E-state index in [4.69, 9.17) is 4.42 Å². The number of carbonyl (C=O) groups excluding carboxylic acids is 4. The molecule has 4 aromatic rings. The van der Waals surface area contributed by atoms with Gasteiger partial charge in [0.05, 0.1) is 18.6 Å². The van der Waals surface area contributed by atoms with E-state index in [1.165, 1.54) is 19.2 Å². The lowest BCUT2D eigenvalue weighted by Crippen LogP contribution is -2.27. The van der Waals surface area contributed by atoms with E-state index >= 15 is 0 Å². The summed E-state index contributed by atoms with van der Waals surface area (Å²) in [7, 11) is 1.24. The first-order valence-electron chi connectivity index (χ1n) is 11.7. The van der Waals surface area contributed by atoms with Crippen LogP contribution in [0.4, 0.5) is 10.5 Å². The van der Waals surface area contributed by atoms with Crippen molar-refractivity contribution in [2.75, 3.05) is 12.4 Å². The zero-order valence-electron chi connectivity index (χ0n) is 20.6. The first-order valence-corrected chi connectivity index (χ1v) is 12.5. The number of nitrogens with one attached hydrogen (secondary N) is 1. The Balaban J connectivity index is 1.37. The van der Waals surface area contributed by atoms with Gasteiger partial charge in [-0.1, -0.05) is 30.3 Å². The highest BCUT2D eigenvalue weighted by molar-refractivity contribution is 8.18. The van der Waals surface area contributed by atoms with Crippen molar-refractivity contribution in [2.45, 2.75) is 20.0 Å². The third-order valence-corrected chi connectivity index (χ3v) is 6.86. The number of hydrogen-bond donors (Lipinski definition) is 1. The number of carbonyl (C=O) groups is 4. The van der Waals surface area contributed by atoms with Crippen molar-refractivity contribution < 1.29 is 28.3 Å². The zero-order chi connectivity index (χ0) is 26.8. The number of furan rings is 1. The summed E-state index contributed by atoms with van der Waals surface area (Å²) in [6, 6.07) is 18.1. The summed E-state index contributed by atoms with van der Waals surface area (Å²) < 4.78 is 11.8. The standard InChI is InChI=1S/C28H23N3O6S/c1-17-6-5-7-19(12-17)29-25(32)16-30-14-18(21-8-3-4-9-22(21)30)13-24-26(33)31(28(35)38-24)15-20-10-11-23(37-20)27(34)36-2/h3-14H,15-16H2,1-2H3,(H,29,32)/b24-13+. The second-order valence-electron chi connectivity index (χ2n) is 8.67. The molecule has 0 radical (unpaired) electrons. The van der Waals surface area contributed by atoms with Gasteiger partial charge in [-0.15, -0.1) is 0 Å². The lowest BCUT2D eigenvalue weighted by Gasteiger charge is -2.09. The maximum absolute atomic E-state index is 13.1. The van der Waals surface area contributed by atoms with Crippen molar-refractivity contribution >= 4 is 57.5 Å². The predicted octanol–water partition coefficient (Wildman–Crippen LogP) is 5.20. The van der Waals surface area contributed by atoms with Gasteiger partial charge in [-0.2, -0.15) is 0 Å². The molecule has 192 valence electrons. The number of amides is 3. The first kappa shape index (κ1) is 25.1. The highest BCUT2D eigenvalue weighted by Gasteiger charge is 2.36. The molecular formula is C28H23N3O6S. The van der Waals surface area contributed by atoms with E-state index in [2.05, 4.69) is 10.1 Å². The molecule has 0 aliphatic carbocycles. The first-order chi connectivity index (χ1) is 18.3. The molecule has 1 saturated heterocycles. The zero-order valence-corrected chi connectivity index (χ0v) is 21.4. The Hall–Kier alpha value is -4.57. The molecule has 2 aromatic carbocycles. The largest absolute Gasteiger partial charge is 0.463 e. The second-order valence-corrected chi connectivity index (χ2v) is 9.67. The Labute approximate surface area is 222 Å². The minimum atomic E-state index is -0.644. The van der Waals surface area contributed by atoms with Crippen LogP contribution in [0.2, 0.25) is 0 Å². The van der Waals surface area contributed by atoms with E-state index in [0.29, 0.717) is 5.56 Å². The molecule has 0 bridgehead atoms. The van der Waals surface area contributed by atoms with Crippen LogP contribution in [0.25, 0.3) is 17.0 Å². The number of hydrogen-bond acceptors (Lipinski definition) is 7. The van der Waals surface area contributed by atoms with E-state index in [-0.39, 0.29) is 35.4 Å². The van der Waals surface area contributed by atoms with E-state index in [0.717, 1.165) is 38.8 Å². The lowest BCUT2D eigenvalue weighted by molar-refractivity contribution is -0.123. The van der Waals surface area contributed by atoms with Crippen LogP contribution >= 0.6 is 11.8 Å². The molecule has 3 amide bonds. The number of esters is 1. The molecule has 1 N–H and O–H groups in total. The highest BCUT2D eigenvalue weighted by atomic mass is 32.2. The third-order valence-electron chi connectivity index (χ3n) is 5.96. The fourth-order valence-electron chi connectivity index (χ4n) is 4.21. The Bertz CT molecular complexity index is 1620. The molecule has 0 saturated carbocycles. The number of rotatable bonds is 7. The Morgan fingerprint density at radius 1 is 1.08 bits per heavy atom. The summed E-state index contributed by atoms with van der Waals surface area (Å²) in [5, 5.41) is 3.31. The predicted molar refractivity (Wildman–Crippen MR) is 143 cm³/mol. The molecule has 10 heteroatoms. The molecule has 0 unspecified atom stereocenters. The fraction of sp³-hybridized carbons (Fsp3) is 0.143. The number of fused-ring (bicyclic) bond motifs is 1. The molecular weight excluding hydrogens is 506 g/mol. The van der Waals surface area contributed by atoms with Crippen LogP contribution in [-0.4, -0.2) is 39.6 Å². The van der Waals surface area contributed by atoms with Crippen molar-refractivity contribution in [1.82, 2.24) is 9.47 Å². The van der Waals surface area contributed by atoms with Crippen LogP contribution in [0.3, 0.4) is 0 Å². The molecule has 5 rings (SSSR count). The number of aryl methyl sites for hydroxylation is 1. The molecule has 0 spiro atoms. The summed E-state index contributed by atoms with van der Waals surface area (Å²) in [6.07, 6.45) is 3.45. The maximum Gasteiger partial charge on any atom is 0.373 e. The fourth-order valence-corrected chi connectivity index (χ4v) is 5.03. The minimum absolute atomic E-state index is 0.00995. The van der Waals surface area contributed by atoms with Crippen LogP contribution in [0.15, 0.2) is 76.2 Å². The van der Waals surface area contributed by atoms with Gasteiger partial charge in [-0.05, 0) is 60.7 Å². The van der Waals surface area contributed by atoms with Crippen molar-refractivity contribution in [1.29, 1.82) is 0 Å². The summed E-state index contributed by atoms with van der Waals surface area (Å²) >= 11 is 0.825. The average Bonchev–Trinajstić information content (AvgIpc) is 3.57. The van der Waals surface area contributed by atoms with Gasteiger partial charge < -0.3 is 19.0 Å². The monoisotopic (exact) mass is 529 g/mol. The lowest BCUT2D eigenvalue weighted by atomic mass is 10.1. The number of anilines is 1. The van der Waals surface area contributed by atoms with Gasteiger partial charge in [0.15, 0.2) is 0 Å². The minimum Gasteiger partial charge on any atom is -0.463 e. The molecule has 1 fully saturated rings. The van der Waals surface area contributed by atoms with Crippen molar-refractivity contribution in [2.24, 2.45) is 0 Å². The van der Waals surface area contributed by atoms with Crippen molar-refractivity contribution in [3.63, 3.8) is 0 Å². The van der Waals surface area contributed by atoms with Crippen LogP contribution in [0.1, 0.15) is 27.4 Å². The van der Waals surface area contributed by atoms with Crippen LogP contribution in [-0.2, 0) is 27.4 Å². The van der Waals surface area contributed by atoms with E-state index in [9.17, 15) is 19.2 Å². The van der Waals surface area contributed by atoms with Crippen LogP contribution < -0.4 is 5.32 Å². The second kappa shape index (κ2) is 10.4. The number of para-hydroxylation sites is 1. The van der Waals surface area contributed by atoms with Crippen LogP contribution in [0, 0.1) is 6.92 Å².